The van der Waals surface area contributed by atoms with E-state index in [0.29, 0.717) is 31.9 Å². The van der Waals surface area contributed by atoms with Gasteiger partial charge in [0, 0.05) is 32.1 Å². The first-order valence-corrected chi connectivity index (χ1v) is 9.84. The topological polar surface area (TPSA) is 113 Å². The molecule has 1 amide bonds. The molecule has 0 aliphatic carbocycles. The quantitative estimate of drug-likeness (QED) is 0.814. The predicted molar refractivity (Wildman–Crippen MR) is 88.5 cm³/mol. The van der Waals surface area contributed by atoms with Crippen molar-refractivity contribution in [3.05, 3.63) is 30.0 Å². The highest BCUT2D eigenvalue weighted by Gasteiger charge is 2.33. The van der Waals surface area contributed by atoms with Crippen LogP contribution in [-0.4, -0.2) is 58.0 Å². The number of aromatic amines is 1. The minimum atomic E-state index is -3.58. The fraction of sp³-hybridized carbons (Fsp3) is 0.533. The summed E-state index contributed by atoms with van der Waals surface area (Å²) in [5.74, 6) is -0.132. The van der Waals surface area contributed by atoms with E-state index in [1.165, 1.54) is 16.8 Å². The van der Waals surface area contributed by atoms with Crippen molar-refractivity contribution >= 4 is 15.9 Å². The average Bonchev–Trinajstić information content (AvgIpc) is 3.26. The molecule has 134 valence electrons. The summed E-state index contributed by atoms with van der Waals surface area (Å²) in [6.45, 7) is 2.18. The number of aromatic nitrogens is 4. The summed E-state index contributed by atoms with van der Waals surface area (Å²) in [5.41, 5.74) is 1.35. The van der Waals surface area contributed by atoms with E-state index in [9.17, 15) is 13.2 Å². The maximum atomic E-state index is 12.7. The van der Waals surface area contributed by atoms with Crippen LogP contribution >= 0.6 is 0 Å². The van der Waals surface area contributed by atoms with Crippen molar-refractivity contribution in [3.63, 3.8) is 0 Å². The SMILES string of the molecule is O=C1NCCCn2nc(C3CCCN(S(=O)(=O)c4cnc[nH]4)C3)cc21. The summed E-state index contributed by atoms with van der Waals surface area (Å²) in [6.07, 6.45) is 5.13. The van der Waals surface area contributed by atoms with Crippen molar-refractivity contribution in [2.24, 2.45) is 0 Å². The van der Waals surface area contributed by atoms with Gasteiger partial charge in [0.25, 0.3) is 15.9 Å². The second kappa shape index (κ2) is 6.26. The molecule has 1 unspecified atom stereocenters. The molecule has 2 aromatic heterocycles. The Morgan fingerprint density at radius 3 is 2.92 bits per heavy atom. The minimum absolute atomic E-state index is 0.0151. The lowest BCUT2D eigenvalue weighted by molar-refractivity contribution is 0.0950. The molecule has 1 atom stereocenters. The second-order valence-electron chi connectivity index (χ2n) is 6.41. The normalized spacial score (nSPS) is 22.2. The summed E-state index contributed by atoms with van der Waals surface area (Å²) < 4.78 is 28.6. The lowest BCUT2D eigenvalue weighted by Gasteiger charge is -2.30. The van der Waals surface area contributed by atoms with Crippen molar-refractivity contribution in [1.82, 2.24) is 29.4 Å². The van der Waals surface area contributed by atoms with E-state index in [4.69, 9.17) is 0 Å². The molecule has 2 aliphatic heterocycles. The van der Waals surface area contributed by atoms with Crippen LogP contribution in [0.5, 0.6) is 0 Å². The molecule has 25 heavy (non-hydrogen) atoms. The Labute approximate surface area is 145 Å². The van der Waals surface area contributed by atoms with E-state index >= 15 is 0 Å². The van der Waals surface area contributed by atoms with E-state index in [2.05, 4.69) is 20.4 Å². The molecule has 0 bridgehead atoms. The highest BCUT2D eigenvalue weighted by Crippen LogP contribution is 2.30. The molecular weight excluding hydrogens is 344 g/mol. The Balaban J connectivity index is 1.58. The van der Waals surface area contributed by atoms with Crippen molar-refractivity contribution in [3.8, 4) is 0 Å². The van der Waals surface area contributed by atoms with Crippen molar-refractivity contribution in [2.75, 3.05) is 19.6 Å². The molecule has 4 heterocycles. The number of carbonyl (C=O) groups is 1. The van der Waals surface area contributed by atoms with Gasteiger partial charge in [0.1, 0.15) is 5.69 Å². The summed E-state index contributed by atoms with van der Waals surface area (Å²) in [4.78, 5) is 18.6. The van der Waals surface area contributed by atoms with Crippen LogP contribution < -0.4 is 5.32 Å². The highest BCUT2D eigenvalue weighted by molar-refractivity contribution is 7.89. The number of H-pyrrole nitrogens is 1. The van der Waals surface area contributed by atoms with E-state index in [0.717, 1.165) is 25.0 Å². The third-order valence-corrected chi connectivity index (χ3v) is 6.55. The van der Waals surface area contributed by atoms with E-state index in [-0.39, 0.29) is 16.9 Å². The zero-order valence-corrected chi connectivity index (χ0v) is 14.5. The number of hydrogen-bond donors (Lipinski definition) is 2. The molecule has 2 aromatic rings. The maximum absolute atomic E-state index is 12.7. The first-order valence-electron chi connectivity index (χ1n) is 8.40. The van der Waals surface area contributed by atoms with Crippen LogP contribution in [-0.2, 0) is 16.6 Å². The summed E-state index contributed by atoms with van der Waals surface area (Å²) in [5, 5.41) is 7.53. The van der Waals surface area contributed by atoms with E-state index < -0.39 is 10.0 Å². The zero-order valence-electron chi connectivity index (χ0n) is 13.7. The van der Waals surface area contributed by atoms with Crippen LogP contribution in [0.15, 0.2) is 23.6 Å². The second-order valence-corrected chi connectivity index (χ2v) is 8.31. The number of fused-ring (bicyclic) bond motifs is 1. The summed E-state index contributed by atoms with van der Waals surface area (Å²) in [7, 11) is -3.58. The molecular formula is C15H20N6O3S. The molecule has 0 saturated carbocycles. The van der Waals surface area contributed by atoms with Gasteiger partial charge < -0.3 is 10.3 Å². The number of nitrogens with zero attached hydrogens (tertiary/aromatic N) is 4. The van der Waals surface area contributed by atoms with Gasteiger partial charge in [-0.1, -0.05) is 0 Å². The molecule has 1 fully saturated rings. The molecule has 0 spiro atoms. The van der Waals surface area contributed by atoms with Gasteiger partial charge in [0.05, 0.1) is 18.2 Å². The van der Waals surface area contributed by atoms with Crippen LogP contribution in [0.4, 0.5) is 0 Å². The Morgan fingerprint density at radius 2 is 2.12 bits per heavy atom. The minimum Gasteiger partial charge on any atom is -0.351 e. The number of amides is 1. The van der Waals surface area contributed by atoms with Gasteiger partial charge in [0.15, 0.2) is 5.03 Å². The third kappa shape index (κ3) is 2.95. The van der Waals surface area contributed by atoms with Crippen LogP contribution in [0.25, 0.3) is 0 Å². The fourth-order valence-corrected chi connectivity index (χ4v) is 4.86. The standard InChI is InChI=1S/C15H20N6O3S/c22-15-13-7-12(19-21(13)6-2-4-17-15)11-3-1-5-20(9-11)25(23,24)14-8-16-10-18-14/h7-8,10-11H,1-6,9H2,(H,16,18)(H,17,22). The number of nitrogens with one attached hydrogen (secondary N) is 2. The van der Waals surface area contributed by atoms with E-state index in [1.54, 1.807) is 10.7 Å². The van der Waals surface area contributed by atoms with Gasteiger partial charge in [0.2, 0.25) is 0 Å². The zero-order chi connectivity index (χ0) is 17.4. The first kappa shape index (κ1) is 16.3. The largest absolute Gasteiger partial charge is 0.351 e. The number of carbonyl (C=O) groups excluding carboxylic acids is 1. The lowest BCUT2D eigenvalue weighted by atomic mass is 9.96. The van der Waals surface area contributed by atoms with Crippen LogP contribution in [0.2, 0.25) is 0 Å². The van der Waals surface area contributed by atoms with Crippen LogP contribution in [0.3, 0.4) is 0 Å². The Kier molecular flexibility index (Phi) is 4.08. The monoisotopic (exact) mass is 364 g/mol. The van der Waals surface area contributed by atoms with Gasteiger partial charge in [-0.25, -0.2) is 13.4 Å². The molecule has 1 saturated heterocycles. The Morgan fingerprint density at radius 1 is 1.24 bits per heavy atom. The van der Waals surface area contributed by atoms with Gasteiger partial charge in [-0.3, -0.25) is 9.48 Å². The lowest BCUT2D eigenvalue weighted by Crippen LogP contribution is -2.39. The van der Waals surface area contributed by atoms with Crippen molar-refractivity contribution < 1.29 is 13.2 Å². The first-order chi connectivity index (χ1) is 12.1. The summed E-state index contributed by atoms with van der Waals surface area (Å²) >= 11 is 0. The van der Waals surface area contributed by atoms with Gasteiger partial charge in [-0.2, -0.15) is 9.40 Å². The number of aryl methyl sites for hydroxylation is 1. The number of piperidine rings is 1. The Bertz CT molecular complexity index is 873. The van der Waals surface area contributed by atoms with Gasteiger partial charge >= 0.3 is 0 Å². The van der Waals surface area contributed by atoms with Crippen LogP contribution in [0, 0.1) is 0 Å². The van der Waals surface area contributed by atoms with Crippen molar-refractivity contribution in [2.45, 2.75) is 36.8 Å². The van der Waals surface area contributed by atoms with E-state index in [1.807, 2.05) is 0 Å². The number of hydrogen-bond acceptors (Lipinski definition) is 5. The number of rotatable bonds is 3. The van der Waals surface area contributed by atoms with Gasteiger partial charge in [-0.15, -0.1) is 0 Å². The molecule has 2 N–H and O–H groups in total. The Hall–Kier alpha value is -2.20. The summed E-state index contributed by atoms with van der Waals surface area (Å²) in [6, 6.07) is 1.80. The predicted octanol–water partition coefficient (Wildman–Crippen LogP) is 0.308. The molecule has 0 aromatic carbocycles. The fourth-order valence-electron chi connectivity index (χ4n) is 3.44. The molecule has 10 heteroatoms. The number of imidazole rings is 1. The average molecular weight is 364 g/mol. The maximum Gasteiger partial charge on any atom is 0.269 e. The molecule has 4 rings (SSSR count). The van der Waals surface area contributed by atoms with Crippen molar-refractivity contribution in [1.29, 1.82) is 0 Å². The smallest absolute Gasteiger partial charge is 0.269 e. The molecule has 2 aliphatic rings. The molecule has 9 nitrogen and oxygen atoms in total. The highest BCUT2D eigenvalue weighted by atomic mass is 32.2. The number of sulfonamides is 1. The molecule has 0 radical (unpaired) electrons. The van der Waals surface area contributed by atoms with Gasteiger partial charge in [-0.05, 0) is 25.3 Å². The van der Waals surface area contributed by atoms with Crippen LogP contribution in [0.1, 0.15) is 41.4 Å². The third-order valence-electron chi connectivity index (χ3n) is 4.76.